The third-order valence-electron chi connectivity index (χ3n) is 1.74. The zero-order chi connectivity index (χ0) is 8.72. The Kier molecular flexibility index (Phi) is 1.77. The van der Waals surface area contributed by atoms with E-state index in [9.17, 15) is 9.00 Å². The van der Waals surface area contributed by atoms with Gasteiger partial charge in [0.25, 0.3) is 0 Å². The molecule has 1 aliphatic rings. The Morgan fingerprint density at radius 2 is 2.42 bits per heavy atom. The first kappa shape index (κ1) is 7.94. The predicted octanol–water partition coefficient (Wildman–Crippen LogP) is 1.11. The Bertz CT molecular complexity index is 367. The number of carboxylic acids is 1. The van der Waals surface area contributed by atoms with E-state index in [4.69, 9.17) is 5.11 Å². The van der Waals surface area contributed by atoms with Crippen LogP contribution in [0.4, 0.5) is 0 Å². The molecule has 0 aromatic carbocycles. The van der Waals surface area contributed by atoms with Gasteiger partial charge in [0.05, 0.1) is 15.7 Å². The fourth-order valence-electron chi connectivity index (χ4n) is 1.18. The molecule has 1 aliphatic heterocycles. The second kappa shape index (κ2) is 2.67. The maximum atomic E-state index is 11.2. The van der Waals surface area contributed by atoms with Gasteiger partial charge in [-0.2, -0.15) is 0 Å². The van der Waals surface area contributed by atoms with Crippen LogP contribution in [0.3, 0.4) is 0 Å². The normalized spacial score (nSPS) is 20.8. The van der Waals surface area contributed by atoms with Crippen LogP contribution in [0, 0.1) is 0 Å². The van der Waals surface area contributed by atoms with E-state index in [1.54, 1.807) is 0 Å². The van der Waals surface area contributed by atoms with E-state index in [-0.39, 0.29) is 0 Å². The number of aromatic carboxylic acids is 1. The Morgan fingerprint density at radius 1 is 1.67 bits per heavy atom. The molecule has 1 atom stereocenters. The number of fused-ring (bicyclic) bond motifs is 1. The molecule has 0 spiro atoms. The van der Waals surface area contributed by atoms with Crippen molar-refractivity contribution in [3.63, 3.8) is 0 Å². The lowest BCUT2D eigenvalue weighted by atomic mass is 10.4. The molecule has 0 fully saturated rings. The fourth-order valence-corrected chi connectivity index (χ4v) is 3.90. The van der Waals surface area contributed by atoms with E-state index in [1.165, 1.54) is 17.4 Å². The van der Waals surface area contributed by atoms with Crippen molar-refractivity contribution < 1.29 is 14.1 Å². The van der Waals surface area contributed by atoms with E-state index >= 15 is 0 Å². The van der Waals surface area contributed by atoms with E-state index in [2.05, 4.69) is 0 Å². The van der Waals surface area contributed by atoms with Crippen molar-refractivity contribution in [3.05, 3.63) is 15.8 Å². The van der Waals surface area contributed by atoms with E-state index in [0.29, 0.717) is 10.6 Å². The molecule has 0 bridgehead atoms. The van der Waals surface area contributed by atoms with Crippen LogP contribution in [0.5, 0.6) is 0 Å². The van der Waals surface area contributed by atoms with Crippen molar-refractivity contribution in [2.24, 2.45) is 0 Å². The standard InChI is InChI=1S/C7H6O3S2/c8-7(9)5-3-6-4(11-5)1-2-12(6)10/h3H,1-2H2,(H,8,9). The highest BCUT2D eigenvalue weighted by atomic mass is 32.2. The highest BCUT2D eigenvalue weighted by Crippen LogP contribution is 2.31. The summed E-state index contributed by atoms with van der Waals surface area (Å²) in [5, 5.41) is 8.64. The summed E-state index contributed by atoms with van der Waals surface area (Å²) in [4.78, 5) is 12.5. The van der Waals surface area contributed by atoms with Gasteiger partial charge in [-0.05, 0) is 12.5 Å². The Labute approximate surface area is 75.5 Å². The van der Waals surface area contributed by atoms with Crippen molar-refractivity contribution in [1.29, 1.82) is 0 Å². The van der Waals surface area contributed by atoms with Crippen LogP contribution in [0.1, 0.15) is 14.5 Å². The van der Waals surface area contributed by atoms with E-state index < -0.39 is 16.8 Å². The molecule has 1 N–H and O–H groups in total. The molecule has 12 heavy (non-hydrogen) atoms. The summed E-state index contributed by atoms with van der Waals surface area (Å²) in [7, 11) is -0.946. The van der Waals surface area contributed by atoms with E-state index in [0.717, 1.165) is 16.2 Å². The molecule has 2 rings (SSSR count). The van der Waals surface area contributed by atoms with Crippen molar-refractivity contribution >= 4 is 28.1 Å². The van der Waals surface area contributed by atoms with Crippen molar-refractivity contribution in [1.82, 2.24) is 0 Å². The summed E-state index contributed by atoms with van der Waals surface area (Å²) in [5.41, 5.74) is 0. The number of hydrogen-bond acceptors (Lipinski definition) is 3. The van der Waals surface area contributed by atoms with Crippen LogP contribution < -0.4 is 0 Å². The fraction of sp³-hybridized carbons (Fsp3) is 0.286. The second-order valence-corrected chi connectivity index (χ2v) is 5.18. The number of hydrogen-bond donors (Lipinski definition) is 1. The van der Waals surface area contributed by atoms with Crippen molar-refractivity contribution in [2.45, 2.75) is 11.3 Å². The molecule has 64 valence electrons. The van der Waals surface area contributed by atoms with Gasteiger partial charge in [-0.15, -0.1) is 11.3 Å². The van der Waals surface area contributed by atoms with Gasteiger partial charge in [-0.1, -0.05) is 0 Å². The average molecular weight is 202 g/mol. The number of carboxylic acid groups (broad SMARTS) is 1. The number of aryl methyl sites for hydroxylation is 1. The molecule has 0 radical (unpaired) electrons. The van der Waals surface area contributed by atoms with Gasteiger partial charge < -0.3 is 5.11 Å². The minimum atomic E-state index is -0.946. The third kappa shape index (κ3) is 1.09. The second-order valence-electron chi connectivity index (χ2n) is 2.50. The maximum Gasteiger partial charge on any atom is 0.345 e. The predicted molar refractivity (Wildman–Crippen MR) is 46.3 cm³/mol. The first-order valence-corrected chi connectivity index (χ1v) is 5.56. The Hall–Kier alpha value is -0.680. The average Bonchev–Trinajstić information content (AvgIpc) is 2.53. The van der Waals surface area contributed by atoms with Crippen LogP contribution in [0.15, 0.2) is 11.0 Å². The summed E-state index contributed by atoms with van der Waals surface area (Å²) in [6.07, 6.45) is 0.764. The number of carbonyl (C=O) groups is 1. The largest absolute Gasteiger partial charge is 0.477 e. The lowest BCUT2D eigenvalue weighted by Gasteiger charge is -1.85. The van der Waals surface area contributed by atoms with Gasteiger partial charge in [0, 0.05) is 10.6 Å². The summed E-state index contributed by atoms with van der Waals surface area (Å²) < 4.78 is 11.2. The molecule has 0 saturated carbocycles. The van der Waals surface area contributed by atoms with Crippen LogP contribution in [0.2, 0.25) is 0 Å². The van der Waals surface area contributed by atoms with Gasteiger partial charge in [0.15, 0.2) is 0 Å². The minimum absolute atomic E-state index is 0.299. The summed E-state index contributed by atoms with van der Waals surface area (Å²) >= 11 is 1.24. The van der Waals surface area contributed by atoms with Crippen LogP contribution in [-0.2, 0) is 17.2 Å². The lowest BCUT2D eigenvalue weighted by Crippen LogP contribution is -1.93. The van der Waals surface area contributed by atoms with E-state index in [1.807, 2.05) is 0 Å². The smallest absolute Gasteiger partial charge is 0.345 e. The number of thiophene rings is 1. The van der Waals surface area contributed by atoms with Gasteiger partial charge in [-0.25, -0.2) is 4.79 Å². The minimum Gasteiger partial charge on any atom is -0.477 e. The lowest BCUT2D eigenvalue weighted by molar-refractivity contribution is 0.0702. The zero-order valence-electron chi connectivity index (χ0n) is 6.07. The Morgan fingerprint density at radius 3 is 3.00 bits per heavy atom. The summed E-state index contributed by atoms with van der Waals surface area (Å²) in [5.74, 6) is -0.271. The quantitative estimate of drug-likeness (QED) is 0.742. The zero-order valence-corrected chi connectivity index (χ0v) is 7.70. The molecular formula is C7H6O3S2. The van der Waals surface area contributed by atoms with Crippen LogP contribution in [0.25, 0.3) is 0 Å². The molecule has 1 aromatic heterocycles. The van der Waals surface area contributed by atoms with Gasteiger partial charge in [-0.3, -0.25) is 4.21 Å². The van der Waals surface area contributed by atoms with Gasteiger partial charge >= 0.3 is 5.97 Å². The molecular weight excluding hydrogens is 196 g/mol. The first-order chi connectivity index (χ1) is 5.68. The molecule has 1 unspecified atom stereocenters. The van der Waals surface area contributed by atoms with Crippen LogP contribution in [-0.4, -0.2) is 21.0 Å². The SMILES string of the molecule is O=C(O)c1cc2c(s1)CCS2=O. The van der Waals surface area contributed by atoms with Crippen LogP contribution >= 0.6 is 11.3 Å². The molecule has 5 heteroatoms. The third-order valence-corrected chi connectivity index (χ3v) is 4.48. The summed E-state index contributed by atoms with van der Waals surface area (Å²) in [6, 6.07) is 1.53. The topological polar surface area (TPSA) is 54.4 Å². The molecule has 0 amide bonds. The maximum absolute atomic E-state index is 11.2. The highest BCUT2D eigenvalue weighted by Gasteiger charge is 2.23. The molecule has 2 heterocycles. The Balaban J connectivity index is 2.49. The van der Waals surface area contributed by atoms with Crippen molar-refractivity contribution in [3.8, 4) is 0 Å². The highest BCUT2D eigenvalue weighted by molar-refractivity contribution is 7.85. The van der Waals surface area contributed by atoms with Crippen molar-refractivity contribution in [2.75, 3.05) is 5.75 Å². The molecule has 3 nitrogen and oxygen atoms in total. The molecule has 1 aromatic rings. The monoisotopic (exact) mass is 202 g/mol. The first-order valence-electron chi connectivity index (χ1n) is 3.43. The summed E-state index contributed by atoms with van der Waals surface area (Å²) in [6.45, 7) is 0. The number of rotatable bonds is 1. The molecule has 0 saturated heterocycles. The van der Waals surface area contributed by atoms with Gasteiger partial charge in [0.2, 0.25) is 0 Å². The molecule has 0 aliphatic carbocycles. The van der Waals surface area contributed by atoms with Gasteiger partial charge in [0.1, 0.15) is 4.88 Å².